The highest BCUT2D eigenvalue weighted by Crippen LogP contribution is 2.26. The second-order valence-electron chi connectivity index (χ2n) is 4.31. The molecular weight excluding hydrogens is 272 g/mol. The molecule has 1 aromatic carbocycles. The maximum atomic E-state index is 12.0. The Morgan fingerprint density at radius 2 is 1.70 bits per heavy atom. The Labute approximate surface area is 121 Å². The standard InChI is InChI=1S/C16H11ClN2O/c17-15-4-2-1-3-14(15)12-5-6-16(20)19(11-12)13-7-9-18-10-8-13/h1-11H. The normalized spacial score (nSPS) is 10.4. The molecular formula is C16H11ClN2O. The van der Waals surface area contributed by atoms with Gasteiger partial charge in [0, 0.05) is 40.8 Å². The molecule has 0 atom stereocenters. The van der Waals surface area contributed by atoms with Crippen LogP contribution in [0.3, 0.4) is 0 Å². The van der Waals surface area contributed by atoms with E-state index >= 15 is 0 Å². The summed E-state index contributed by atoms with van der Waals surface area (Å²) in [5.41, 5.74) is 2.48. The van der Waals surface area contributed by atoms with Crippen LogP contribution in [-0.2, 0) is 0 Å². The van der Waals surface area contributed by atoms with E-state index in [9.17, 15) is 4.79 Å². The molecule has 20 heavy (non-hydrogen) atoms. The molecule has 4 heteroatoms. The summed E-state index contributed by atoms with van der Waals surface area (Å²) in [5.74, 6) is 0. The first-order valence-electron chi connectivity index (χ1n) is 6.14. The van der Waals surface area contributed by atoms with Gasteiger partial charge in [0.2, 0.25) is 0 Å². The minimum atomic E-state index is -0.0907. The number of rotatable bonds is 2. The van der Waals surface area contributed by atoms with Crippen LogP contribution in [0, 0.1) is 0 Å². The van der Waals surface area contributed by atoms with E-state index in [1.165, 1.54) is 0 Å². The van der Waals surface area contributed by atoms with Crippen LogP contribution < -0.4 is 5.56 Å². The lowest BCUT2D eigenvalue weighted by Crippen LogP contribution is -2.16. The number of nitrogens with zero attached hydrogens (tertiary/aromatic N) is 2. The zero-order valence-electron chi connectivity index (χ0n) is 10.5. The average molecular weight is 283 g/mol. The number of hydrogen-bond acceptors (Lipinski definition) is 2. The summed E-state index contributed by atoms with van der Waals surface area (Å²) in [7, 11) is 0. The van der Waals surface area contributed by atoms with Gasteiger partial charge in [-0.15, -0.1) is 0 Å². The molecule has 0 aliphatic carbocycles. The van der Waals surface area contributed by atoms with Crippen molar-refractivity contribution in [3.63, 3.8) is 0 Å². The average Bonchev–Trinajstić information content (AvgIpc) is 2.49. The largest absolute Gasteiger partial charge is 0.284 e. The molecule has 2 heterocycles. The van der Waals surface area contributed by atoms with E-state index in [2.05, 4.69) is 4.98 Å². The highest BCUT2D eigenvalue weighted by Gasteiger charge is 2.06. The Balaban J connectivity index is 2.18. The molecule has 0 spiro atoms. The van der Waals surface area contributed by atoms with Gasteiger partial charge in [-0.25, -0.2) is 0 Å². The van der Waals surface area contributed by atoms with Gasteiger partial charge in [0.05, 0.1) is 5.69 Å². The highest BCUT2D eigenvalue weighted by atomic mass is 35.5. The fourth-order valence-electron chi connectivity index (χ4n) is 2.05. The van der Waals surface area contributed by atoms with Crippen LogP contribution in [0.25, 0.3) is 16.8 Å². The molecule has 0 aliphatic heterocycles. The molecule has 0 radical (unpaired) electrons. The predicted octanol–water partition coefficient (Wildman–Crippen LogP) is 3.55. The Kier molecular flexibility index (Phi) is 3.35. The number of pyridine rings is 2. The SMILES string of the molecule is O=c1ccc(-c2ccccc2Cl)cn1-c1ccncc1. The molecule has 0 aliphatic rings. The molecule has 3 rings (SSSR count). The van der Waals surface area contributed by atoms with Crippen molar-refractivity contribution in [3.05, 3.63) is 82.5 Å². The molecule has 0 saturated heterocycles. The zero-order valence-corrected chi connectivity index (χ0v) is 11.3. The van der Waals surface area contributed by atoms with Crippen molar-refractivity contribution in [2.75, 3.05) is 0 Å². The summed E-state index contributed by atoms with van der Waals surface area (Å²) in [4.78, 5) is 16.0. The lowest BCUT2D eigenvalue weighted by atomic mass is 10.1. The smallest absolute Gasteiger partial charge is 0.255 e. The van der Waals surface area contributed by atoms with Crippen molar-refractivity contribution in [2.45, 2.75) is 0 Å². The molecule has 0 unspecified atom stereocenters. The molecule has 0 N–H and O–H groups in total. The van der Waals surface area contributed by atoms with Crippen LogP contribution in [0.15, 0.2) is 71.9 Å². The van der Waals surface area contributed by atoms with E-state index in [0.717, 1.165) is 16.8 Å². The second kappa shape index (κ2) is 5.31. The number of benzene rings is 1. The maximum Gasteiger partial charge on any atom is 0.255 e. The van der Waals surface area contributed by atoms with Gasteiger partial charge >= 0.3 is 0 Å². The monoisotopic (exact) mass is 282 g/mol. The lowest BCUT2D eigenvalue weighted by molar-refractivity contribution is 0.986. The van der Waals surface area contributed by atoms with Crippen molar-refractivity contribution in [1.82, 2.24) is 9.55 Å². The number of halogens is 1. The minimum Gasteiger partial charge on any atom is -0.284 e. The van der Waals surface area contributed by atoms with Crippen molar-refractivity contribution < 1.29 is 0 Å². The first kappa shape index (κ1) is 12.6. The zero-order chi connectivity index (χ0) is 13.9. The first-order chi connectivity index (χ1) is 9.75. The van der Waals surface area contributed by atoms with E-state index < -0.39 is 0 Å². The topological polar surface area (TPSA) is 34.9 Å². The molecule has 0 amide bonds. The highest BCUT2D eigenvalue weighted by molar-refractivity contribution is 6.33. The third kappa shape index (κ3) is 2.36. The number of hydrogen-bond donors (Lipinski definition) is 0. The Morgan fingerprint density at radius 3 is 2.45 bits per heavy atom. The van der Waals surface area contributed by atoms with Crippen LogP contribution in [-0.4, -0.2) is 9.55 Å². The van der Waals surface area contributed by atoms with Gasteiger partial charge in [-0.1, -0.05) is 29.8 Å². The summed E-state index contributed by atoms with van der Waals surface area (Å²) in [6, 6.07) is 14.5. The van der Waals surface area contributed by atoms with Crippen LogP contribution in [0.2, 0.25) is 5.02 Å². The van der Waals surface area contributed by atoms with E-state index in [1.807, 2.05) is 24.3 Å². The van der Waals surface area contributed by atoms with Crippen LogP contribution in [0.1, 0.15) is 0 Å². The van der Waals surface area contributed by atoms with Gasteiger partial charge in [-0.3, -0.25) is 14.3 Å². The van der Waals surface area contributed by atoms with Gasteiger partial charge in [0.1, 0.15) is 0 Å². The summed E-state index contributed by atoms with van der Waals surface area (Å²) in [5, 5.41) is 0.660. The first-order valence-corrected chi connectivity index (χ1v) is 6.51. The second-order valence-corrected chi connectivity index (χ2v) is 4.72. The maximum absolute atomic E-state index is 12.0. The van der Waals surface area contributed by atoms with Crippen molar-refractivity contribution in [2.24, 2.45) is 0 Å². The van der Waals surface area contributed by atoms with E-state index in [-0.39, 0.29) is 5.56 Å². The molecule has 3 aromatic rings. The van der Waals surface area contributed by atoms with Gasteiger partial charge in [-0.05, 0) is 24.3 Å². The predicted molar refractivity (Wildman–Crippen MR) is 80.3 cm³/mol. The summed E-state index contributed by atoms with van der Waals surface area (Å²) < 4.78 is 1.58. The minimum absolute atomic E-state index is 0.0907. The van der Waals surface area contributed by atoms with Crippen molar-refractivity contribution in [3.8, 4) is 16.8 Å². The van der Waals surface area contributed by atoms with Gasteiger partial charge in [0.25, 0.3) is 5.56 Å². The fourth-order valence-corrected chi connectivity index (χ4v) is 2.29. The Hall–Kier alpha value is -2.39. The third-order valence-corrected chi connectivity index (χ3v) is 3.37. The third-order valence-electron chi connectivity index (χ3n) is 3.04. The van der Waals surface area contributed by atoms with E-state index in [4.69, 9.17) is 11.6 Å². The van der Waals surface area contributed by atoms with Crippen LogP contribution >= 0.6 is 11.6 Å². The fraction of sp³-hybridized carbons (Fsp3) is 0. The van der Waals surface area contributed by atoms with Gasteiger partial charge < -0.3 is 0 Å². The van der Waals surface area contributed by atoms with Crippen LogP contribution in [0.5, 0.6) is 0 Å². The van der Waals surface area contributed by atoms with Crippen molar-refractivity contribution >= 4 is 11.6 Å². The van der Waals surface area contributed by atoms with E-state index in [0.29, 0.717) is 5.02 Å². The van der Waals surface area contributed by atoms with E-state index in [1.54, 1.807) is 47.4 Å². The summed E-state index contributed by atoms with van der Waals surface area (Å²) in [6.45, 7) is 0. The number of aromatic nitrogens is 2. The summed E-state index contributed by atoms with van der Waals surface area (Å²) >= 11 is 6.20. The van der Waals surface area contributed by atoms with Gasteiger partial charge in [0.15, 0.2) is 0 Å². The van der Waals surface area contributed by atoms with Crippen LogP contribution in [0.4, 0.5) is 0 Å². The van der Waals surface area contributed by atoms with Crippen molar-refractivity contribution in [1.29, 1.82) is 0 Å². The molecule has 0 fully saturated rings. The molecule has 2 aromatic heterocycles. The Morgan fingerprint density at radius 1 is 0.950 bits per heavy atom. The molecule has 98 valence electrons. The van der Waals surface area contributed by atoms with Gasteiger partial charge in [-0.2, -0.15) is 0 Å². The Bertz CT molecular complexity index is 797. The summed E-state index contributed by atoms with van der Waals surface area (Å²) in [6.07, 6.45) is 5.10. The molecule has 0 saturated carbocycles. The quantitative estimate of drug-likeness (QED) is 0.720. The molecule has 3 nitrogen and oxygen atoms in total. The molecule has 0 bridgehead atoms. The lowest BCUT2D eigenvalue weighted by Gasteiger charge is -2.09.